The van der Waals surface area contributed by atoms with Crippen LogP contribution in [0.4, 0.5) is 11.4 Å². The second kappa shape index (κ2) is 15.5. The number of rotatable bonds is 9. The first kappa shape index (κ1) is 34.3. The van der Waals surface area contributed by atoms with E-state index in [1.807, 2.05) is 12.4 Å². The summed E-state index contributed by atoms with van der Waals surface area (Å²) in [6.45, 7) is 2.17. The van der Waals surface area contributed by atoms with Gasteiger partial charge in [0.1, 0.15) is 0 Å². The SMILES string of the molecule is Cc1cccc(C(=Cc2cc(-c3ccncc3)c3c(c2)N(c2ccc(C=CC=C(c4ccccc4)c4ccccc4)cc2)C2CCCC32)c2ccccc2)c1. The van der Waals surface area contributed by atoms with Crippen LogP contribution in [-0.4, -0.2) is 11.0 Å². The highest BCUT2D eigenvalue weighted by Gasteiger charge is 2.43. The van der Waals surface area contributed by atoms with Crippen LogP contribution in [0.3, 0.4) is 0 Å². The molecule has 1 aliphatic carbocycles. The van der Waals surface area contributed by atoms with E-state index >= 15 is 0 Å². The van der Waals surface area contributed by atoms with E-state index in [2.05, 4.69) is 205 Å². The number of hydrogen-bond donors (Lipinski definition) is 0. The van der Waals surface area contributed by atoms with Crippen LogP contribution in [0.1, 0.15) is 69.7 Å². The Labute approximate surface area is 325 Å². The Morgan fingerprint density at radius 2 is 1.24 bits per heavy atom. The van der Waals surface area contributed by atoms with Gasteiger partial charge in [-0.25, -0.2) is 0 Å². The minimum absolute atomic E-state index is 0.434. The van der Waals surface area contributed by atoms with Crippen molar-refractivity contribution in [2.24, 2.45) is 0 Å². The molecule has 2 heteroatoms. The summed E-state index contributed by atoms with van der Waals surface area (Å²) in [5.74, 6) is 0.487. The largest absolute Gasteiger partial charge is 0.337 e. The number of benzene rings is 6. The third-order valence-electron chi connectivity index (χ3n) is 11.2. The third-order valence-corrected chi connectivity index (χ3v) is 11.2. The van der Waals surface area contributed by atoms with Crippen molar-refractivity contribution >= 4 is 34.7 Å². The van der Waals surface area contributed by atoms with E-state index < -0.39 is 0 Å². The van der Waals surface area contributed by atoms with Gasteiger partial charge in [-0.2, -0.15) is 0 Å². The average molecular weight is 709 g/mol. The standard InChI is InChI=1S/C53H44N2/c1-38-14-11-22-45(34-38)49(43-20-9-4-10-21-43)35-40-36-50(44-30-32-54-33-31-44)53-48-24-13-25-51(48)55(52(53)37-40)46-28-26-39(27-29-46)15-12-23-47(41-16-5-2-6-17-41)42-18-7-3-8-19-42/h2-12,14-23,26-37,48,51H,13,24-25H2,1H3. The molecule has 0 saturated heterocycles. The first-order valence-corrected chi connectivity index (χ1v) is 19.5. The molecule has 266 valence electrons. The molecule has 2 atom stereocenters. The molecule has 2 nitrogen and oxygen atoms in total. The van der Waals surface area contributed by atoms with Crippen molar-refractivity contribution in [1.82, 2.24) is 4.98 Å². The summed E-state index contributed by atoms with van der Waals surface area (Å²) < 4.78 is 0. The highest BCUT2D eigenvalue weighted by molar-refractivity contribution is 5.94. The summed E-state index contributed by atoms with van der Waals surface area (Å²) in [5.41, 5.74) is 17.5. The van der Waals surface area contributed by atoms with Gasteiger partial charge in [0.15, 0.2) is 0 Å². The molecule has 2 heterocycles. The van der Waals surface area contributed by atoms with Crippen LogP contribution in [0.25, 0.3) is 34.4 Å². The summed E-state index contributed by atoms with van der Waals surface area (Å²) in [6, 6.07) is 59.7. The van der Waals surface area contributed by atoms with E-state index in [1.165, 1.54) is 97.4 Å². The van der Waals surface area contributed by atoms with Crippen LogP contribution < -0.4 is 4.90 Å². The van der Waals surface area contributed by atoms with Crippen molar-refractivity contribution in [2.75, 3.05) is 4.90 Å². The van der Waals surface area contributed by atoms with Gasteiger partial charge in [0.25, 0.3) is 0 Å². The van der Waals surface area contributed by atoms with Gasteiger partial charge in [0, 0.05) is 35.7 Å². The molecule has 6 aromatic carbocycles. The smallest absolute Gasteiger partial charge is 0.0462 e. The second-order valence-electron chi connectivity index (χ2n) is 14.8. The zero-order valence-corrected chi connectivity index (χ0v) is 31.2. The normalized spacial score (nSPS) is 16.2. The average Bonchev–Trinajstić information content (AvgIpc) is 3.84. The van der Waals surface area contributed by atoms with E-state index in [9.17, 15) is 0 Å². The molecule has 1 fully saturated rings. The predicted octanol–water partition coefficient (Wildman–Crippen LogP) is 13.6. The second-order valence-corrected chi connectivity index (χ2v) is 14.8. The number of fused-ring (bicyclic) bond motifs is 3. The van der Waals surface area contributed by atoms with Gasteiger partial charge >= 0.3 is 0 Å². The number of pyridine rings is 1. The lowest BCUT2D eigenvalue weighted by molar-refractivity contribution is 0.642. The van der Waals surface area contributed by atoms with Crippen molar-refractivity contribution in [3.8, 4) is 11.1 Å². The van der Waals surface area contributed by atoms with Gasteiger partial charge in [-0.3, -0.25) is 4.98 Å². The molecule has 1 aliphatic heterocycles. The first-order valence-electron chi connectivity index (χ1n) is 19.5. The van der Waals surface area contributed by atoms with Gasteiger partial charge in [-0.15, -0.1) is 0 Å². The fourth-order valence-electron chi connectivity index (χ4n) is 8.72. The minimum Gasteiger partial charge on any atom is -0.337 e. The molecule has 2 aliphatic rings. The van der Waals surface area contributed by atoms with Crippen LogP contribution in [0.2, 0.25) is 0 Å². The lowest BCUT2D eigenvalue weighted by atomic mass is 9.87. The monoisotopic (exact) mass is 708 g/mol. The Kier molecular flexibility index (Phi) is 9.63. The molecule has 0 radical (unpaired) electrons. The molecular formula is C53H44N2. The maximum atomic E-state index is 4.39. The maximum absolute atomic E-state index is 4.39. The summed E-state index contributed by atoms with van der Waals surface area (Å²) in [7, 11) is 0. The Morgan fingerprint density at radius 1 is 0.600 bits per heavy atom. The fraction of sp³-hybridized carbons (Fsp3) is 0.113. The van der Waals surface area contributed by atoms with Gasteiger partial charge in [-0.1, -0.05) is 158 Å². The number of allylic oxidation sites excluding steroid dienone is 2. The van der Waals surface area contributed by atoms with Crippen LogP contribution in [0.15, 0.2) is 188 Å². The molecule has 1 saturated carbocycles. The zero-order valence-electron chi connectivity index (χ0n) is 31.2. The minimum atomic E-state index is 0.434. The lowest BCUT2D eigenvalue weighted by Crippen LogP contribution is -2.26. The quantitative estimate of drug-likeness (QED) is 0.110. The van der Waals surface area contributed by atoms with Crippen molar-refractivity contribution in [3.63, 3.8) is 0 Å². The molecule has 0 spiro atoms. The van der Waals surface area contributed by atoms with E-state index in [0.29, 0.717) is 12.0 Å². The Hall–Kier alpha value is -6.51. The van der Waals surface area contributed by atoms with Crippen LogP contribution in [0, 0.1) is 6.92 Å². The van der Waals surface area contributed by atoms with E-state index in [0.717, 1.165) is 0 Å². The van der Waals surface area contributed by atoms with Crippen LogP contribution >= 0.6 is 0 Å². The Morgan fingerprint density at radius 3 is 1.89 bits per heavy atom. The number of nitrogens with zero attached hydrogens (tertiary/aromatic N) is 2. The molecule has 9 rings (SSSR count). The van der Waals surface area contributed by atoms with Crippen molar-refractivity contribution in [3.05, 3.63) is 233 Å². The summed E-state index contributed by atoms with van der Waals surface area (Å²) >= 11 is 0. The fourth-order valence-corrected chi connectivity index (χ4v) is 8.72. The molecule has 55 heavy (non-hydrogen) atoms. The summed E-state index contributed by atoms with van der Waals surface area (Å²) in [5, 5.41) is 0. The maximum Gasteiger partial charge on any atom is 0.0462 e. The van der Waals surface area contributed by atoms with E-state index in [1.54, 1.807) is 0 Å². The van der Waals surface area contributed by atoms with Crippen LogP contribution in [-0.2, 0) is 0 Å². The zero-order chi connectivity index (χ0) is 37.0. The number of aromatic nitrogens is 1. The van der Waals surface area contributed by atoms with E-state index in [4.69, 9.17) is 0 Å². The molecule has 1 aromatic heterocycles. The third kappa shape index (κ3) is 7.12. The Balaban J connectivity index is 1.12. The molecule has 0 bridgehead atoms. The molecule has 0 amide bonds. The van der Waals surface area contributed by atoms with Gasteiger partial charge in [0.2, 0.25) is 0 Å². The van der Waals surface area contributed by atoms with Crippen molar-refractivity contribution in [2.45, 2.75) is 38.1 Å². The highest BCUT2D eigenvalue weighted by Crippen LogP contribution is 2.55. The lowest BCUT2D eigenvalue weighted by Gasteiger charge is -2.27. The molecule has 0 N–H and O–H groups in total. The molecule has 7 aromatic rings. The first-order chi connectivity index (χ1) is 27.2. The predicted molar refractivity (Wildman–Crippen MR) is 232 cm³/mol. The van der Waals surface area contributed by atoms with Crippen molar-refractivity contribution < 1.29 is 0 Å². The summed E-state index contributed by atoms with van der Waals surface area (Å²) in [4.78, 5) is 7.04. The van der Waals surface area contributed by atoms with E-state index in [-0.39, 0.29) is 0 Å². The Bertz CT molecular complexity index is 2450. The van der Waals surface area contributed by atoms with Gasteiger partial charge < -0.3 is 4.90 Å². The van der Waals surface area contributed by atoms with Gasteiger partial charge in [-0.05, 0) is 123 Å². The topological polar surface area (TPSA) is 16.1 Å². The highest BCUT2D eigenvalue weighted by atomic mass is 15.2. The molecule has 2 unspecified atom stereocenters. The number of aryl methyl sites for hydroxylation is 1. The molecular weight excluding hydrogens is 665 g/mol. The van der Waals surface area contributed by atoms with Gasteiger partial charge in [0.05, 0.1) is 0 Å². The number of hydrogen-bond acceptors (Lipinski definition) is 2. The summed E-state index contributed by atoms with van der Waals surface area (Å²) in [6.07, 6.45) is 16.5. The van der Waals surface area contributed by atoms with Crippen LogP contribution in [0.5, 0.6) is 0 Å². The number of anilines is 2. The van der Waals surface area contributed by atoms with Crippen molar-refractivity contribution in [1.29, 1.82) is 0 Å².